The number of nitrogens with one attached hydrogen (secondary N) is 1. The van der Waals surface area contributed by atoms with E-state index >= 15 is 0 Å². The van der Waals surface area contributed by atoms with E-state index < -0.39 is 0 Å². The fourth-order valence-electron chi connectivity index (χ4n) is 3.53. The Balaban J connectivity index is 1.44. The summed E-state index contributed by atoms with van der Waals surface area (Å²) < 4.78 is 4.99. The molecule has 1 amide bonds. The molecule has 1 aromatic carbocycles. The second-order valence-electron chi connectivity index (χ2n) is 6.88. The number of para-hydroxylation sites is 1. The summed E-state index contributed by atoms with van der Waals surface area (Å²) in [5.74, 6) is 0.359. The number of aromatic nitrogens is 3. The lowest BCUT2D eigenvalue weighted by molar-refractivity contribution is 0.0525. The number of aromatic amines is 1. The molecule has 0 saturated carbocycles. The first-order chi connectivity index (χ1) is 14.2. The molecule has 0 aliphatic carbocycles. The molecule has 0 atom stereocenters. The van der Waals surface area contributed by atoms with Crippen LogP contribution in [0.3, 0.4) is 0 Å². The number of amides is 1. The van der Waals surface area contributed by atoms with Crippen LogP contribution in [0.4, 0.5) is 5.82 Å². The van der Waals surface area contributed by atoms with Crippen LogP contribution in [0.25, 0.3) is 10.9 Å². The van der Waals surface area contributed by atoms with Crippen molar-refractivity contribution in [2.75, 3.05) is 37.7 Å². The number of pyridine rings is 1. The van der Waals surface area contributed by atoms with Gasteiger partial charge in [-0.1, -0.05) is 18.2 Å². The van der Waals surface area contributed by atoms with Crippen molar-refractivity contribution in [3.63, 3.8) is 0 Å². The number of hydrogen-bond donors (Lipinski definition) is 1. The molecule has 3 heterocycles. The third-order valence-electron chi connectivity index (χ3n) is 5.04. The zero-order valence-corrected chi connectivity index (χ0v) is 16.3. The molecule has 1 fully saturated rings. The molecular formula is C21H23N5O3. The number of H-pyrrole nitrogens is 1. The number of hydrogen-bond acceptors (Lipinski definition) is 6. The first-order valence-electron chi connectivity index (χ1n) is 9.78. The first-order valence-corrected chi connectivity index (χ1v) is 9.78. The number of ether oxygens (including phenoxy) is 1. The van der Waals surface area contributed by atoms with Gasteiger partial charge in [0.1, 0.15) is 5.82 Å². The van der Waals surface area contributed by atoms with E-state index in [4.69, 9.17) is 4.74 Å². The van der Waals surface area contributed by atoms with E-state index in [9.17, 15) is 9.59 Å². The van der Waals surface area contributed by atoms with Gasteiger partial charge in [-0.25, -0.2) is 9.78 Å². The summed E-state index contributed by atoms with van der Waals surface area (Å²) in [5.41, 5.74) is 1.76. The lowest BCUT2D eigenvalue weighted by Crippen LogP contribution is -2.35. The maximum Gasteiger partial charge on any atom is 0.339 e. The summed E-state index contributed by atoms with van der Waals surface area (Å²) in [6.45, 7) is 4.81. The zero-order valence-electron chi connectivity index (χ0n) is 16.3. The van der Waals surface area contributed by atoms with Crippen LogP contribution in [0.1, 0.15) is 34.2 Å². The van der Waals surface area contributed by atoms with Crippen LogP contribution < -0.4 is 4.90 Å². The summed E-state index contributed by atoms with van der Waals surface area (Å²) in [7, 11) is 0. The van der Waals surface area contributed by atoms with E-state index in [0.717, 1.165) is 29.7 Å². The van der Waals surface area contributed by atoms with Crippen molar-refractivity contribution in [3.8, 4) is 0 Å². The maximum absolute atomic E-state index is 13.0. The minimum atomic E-state index is -0.370. The highest BCUT2D eigenvalue weighted by Crippen LogP contribution is 2.19. The van der Waals surface area contributed by atoms with Gasteiger partial charge >= 0.3 is 5.97 Å². The van der Waals surface area contributed by atoms with Gasteiger partial charge in [0.25, 0.3) is 5.91 Å². The van der Waals surface area contributed by atoms with Gasteiger partial charge in [0.05, 0.1) is 17.7 Å². The fourth-order valence-corrected chi connectivity index (χ4v) is 3.53. The van der Waals surface area contributed by atoms with Crippen LogP contribution in [0, 0.1) is 0 Å². The van der Waals surface area contributed by atoms with E-state index in [0.29, 0.717) is 37.5 Å². The molecule has 0 bridgehead atoms. The van der Waals surface area contributed by atoms with Gasteiger partial charge in [-0.05, 0) is 31.5 Å². The van der Waals surface area contributed by atoms with Crippen LogP contribution in [0.15, 0.2) is 42.6 Å². The normalized spacial score (nSPS) is 14.7. The van der Waals surface area contributed by atoms with Crippen molar-refractivity contribution in [2.45, 2.75) is 13.3 Å². The number of fused-ring (bicyclic) bond motifs is 1. The van der Waals surface area contributed by atoms with Gasteiger partial charge in [-0.2, -0.15) is 5.10 Å². The Bertz CT molecular complexity index is 1010. The topological polar surface area (TPSA) is 91.4 Å². The van der Waals surface area contributed by atoms with Gasteiger partial charge in [-0.15, -0.1) is 0 Å². The lowest BCUT2D eigenvalue weighted by Gasteiger charge is -2.22. The van der Waals surface area contributed by atoms with Gasteiger partial charge in [0, 0.05) is 37.8 Å². The SMILES string of the molecule is CCOC(=O)c1ccc(N2CCCN(C(=O)c3n[nH]c4ccccc34)CC2)nc1. The Morgan fingerprint density at radius 2 is 1.97 bits per heavy atom. The number of nitrogens with zero attached hydrogens (tertiary/aromatic N) is 4. The molecule has 0 unspecified atom stereocenters. The molecule has 8 nitrogen and oxygen atoms in total. The van der Waals surface area contributed by atoms with Crippen LogP contribution in [-0.4, -0.2) is 64.7 Å². The van der Waals surface area contributed by atoms with Crippen LogP contribution in [-0.2, 0) is 4.74 Å². The molecule has 1 aliphatic heterocycles. The van der Waals surface area contributed by atoms with Gasteiger partial charge in [0.2, 0.25) is 0 Å². The summed E-state index contributed by atoms with van der Waals surface area (Å²) in [4.78, 5) is 33.2. The number of carbonyl (C=O) groups excluding carboxylic acids is 2. The second-order valence-corrected chi connectivity index (χ2v) is 6.88. The van der Waals surface area contributed by atoms with Crippen molar-refractivity contribution in [1.29, 1.82) is 0 Å². The lowest BCUT2D eigenvalue weighted by atomic mass is 10.2. The average Bonchev–Trinajstić information content (AvgIpc) is 3.03. The quantitative estimate of drug-likeness (QED) is 0.685. The molecule has 3 aromatic rings. The largest absolute Gasteiger partial charge is 0.462 e. The van der Waals surface area contributed by atoms with Crippen molar-refractivity contribution >= 4 is 28.6 Å². The third-order valence-corrected chi connectivity index (χ3v) is 5.04. The van der Waals surface area contributed by atoms with Crippen molar-refractivity contribution in [3.05, 3.63) is 53.9 Å². The van der Waals surface area contributed by atoms with Gasteiger partial charge in [-0.3, -0.25) is 9.89 Å². The van der Waals surface area contributed by atoms with Crippen LogP contribution >= 0.6 is 0 Å². The summed E-state index contributed by atoms with van der Waals surface area (Å²) in [6.07, 6.45) is 2.37. The minimum Gasteiger partial charge on any atom is -0.462 e. The number of rotatable bonds is 4. The number of esters is 1. The Kier molecular flexibility index (Phi) is 5.41. The summed E-state index contributed by atoms with van der Waals surface area (Å²) in [6, 6.07) is 11.2. The van der Waals surface area contributed by atoms with Gasteiger partial charge < -0.3 is 14.5 Å². The first kappa shape index (κ1) is 18.9. The molecule has 1 saturated heterocycles. The van der Waals surface area contributed by atoms with Crippen molar-refractivity contribution in [1.82, 2.24) is 20.1 Å². The molecular weight excluding hydrogens is 370 g/mol. The van der Waals surface area contributed by atoms with Gasteiger partial charge in [0.15, 0.2) is 5.69 Å². The molecule has 0 radical (unpaired) electrons. The van der Waals surface area contributed by atoms with E-state index in [-0.39, 0.29) is 11.9 Å². The van der Waals surface area contributed by atoms with Crippen LogP contribution in [0.5, 0.6) is 0 Å². The standard InChI is InChI=1S/C21H23N5O3/c1-2-29-21(28)15-8-9-18(22-14-15)25-10-5-11-26(13-12-25)20(27)19-16-6-3-4-7-17(16)23-24-19/h3-4,6-9,14H,2,5,10-13H2,1H3,(H,23,24). The molecule has 8 heteroatoms. The van der Waals surface area contributed by atoms with E-state index in [1.165, 1.54) is 6.20 Å². The van der Waals surface area contributed by atoms with Crippen molar-refractivity contribution < 1.29 is 14.3 Å². The molecule has 2 aromatic heterocycles. The van der Waals surface area contributed by atoms with E-state index in [1.807, 2.05) is 35.2 Å². The Labute approximate surface area is 168 Å². The Morgan fingerprint density at radius 1 is 1.10 bits per heavy atom. The molecule has 4 rings (SSSR count). The number of anilines is 1. The molecule has 0 spiro atoms. The number of carbonyl (C=O) groups is 2. The molecule has 150 valence electrons. The third kappa shape index (κ3) is 3.91. The summed E-state index contributed by atoms with van der Waals surface area (Å²) >= 11 is 0. The highest BCUT2D eigenvalue weighted by Gasteiger charge is 2.24. The highest BCUT2D eigenvalue weighted by molar-refractivity contribution is 6.04. The smallest absolute Gasteiger partial charge is 0.339 e. The Morgan fingerprint density at radius 3 is 2.76 bits per heavy atom. The van der Waals surface area contributed by atoms with E-state index in [1.54, 1.807) is 13.0 Å². The molecule has 29 heavy (non-hydrogen) atoms. The second kappa shape index (κ2) is 8.30. The minimum absolute atomic E-state index is 0.0603. The molecule has 1 aliphatic rings. The maximum atomic E-state index is 13.0. The average molecular weight is 393 g/mol. The van der Waals surface area contributed by atoms with Crippen LogP contribution in [0.2, 0.25) is 0 Å². The monoisotopic (exact) mass is 393 g/mol. The zero-order chi connectivity index (χ0) is 20.2. The fraction of sp³-hybridized carbons (Fsp3) is 0.333. The molecule has 1 N–H and O–H groups in total. The summed E-state index contributed by atoms with van der Waals surface area (Å²) in [5, 5.41) is 8.00. The number of benzene rings is 1. The Hall–Kier alpha value is -3.42. The van der Waals surface area contributed by atoms with Crippen molar-refractivity contribution in [2.24, 2.45) is 0 Å². The highest BCUT2D eigenvalue weighted by atomic mass is 16.5. The predicted molar refractivity (Wildman–Crippen MR) is 109 cm³/mol. The van der Waals surface area contributed by atoms with E-state index in [2.05, 4.69) is 20.1 Å². The predicted octanol–water partition coefficient (Wildman–Crippen LogP) is 2.49.